The third-order valence-electron chi connectivity index (χ3n) is 5.78. The Bertz CT molecular complexity index is 874. The predicted molar refractivity (Wildman–Crippen MR) is 101 cm³/mol. The summed E-state index contributed by atoms with van der Waals surface area (Å²) in [6, 6.07) is 8.45. The molecule has 0 bridgehead atoms. The number of likely N-dealkylation sites (N-methyl/N-ethyl adjacent to an activating group) is 1. The first-order valence-electron chi connectivity index (χ1n) is 9.07. The van der Waals surface area contributed by atoms with Crippen molar-refractivity contribution in [3.05, 3.63) is 52.3 Å². The third-order valence-corrected chi connectivity index (χ3v) is 5.78. The van der Waals surface area contributed by atoms with Crippen molar-refractivity contribution in [3.63, 3.8) is 0 Å². The molecule has 1 fully saturated rings. The number of nitrogens with two attached hydrogens (primary N) is 1. The summed E-state index contributed by atoms with van der Waals surface area (Å²) in [7, 11) is 1.68. The fraction of sp³-hybridized carbons (Fsp3) is 0.450. The highest BCUT2D eigenvalue weighted by molar-refractivity contribution is 6.02. The van der Waals surface area contributed by atoms with Crippen LogP contribution in [0.4, 0.5) is 0 Å². The van der Waals surface area contributed by atoms with Crippen LogP contribution in [0.25, 0.3) is 0 Å². The monoisotopic (exact) mass is 351 g/mol. The van der Waals surface area contributed by atoms with Crippen molar-refractivity contribution >= 4 is 11.9 Å². The predicted octanol–water partition coefficient (Wildman–Crippen LogP) is 2.69. The van der Waals surface area contributed by atoms with E-state index in [-0.39, 0.29) is 11.9 Å². The SMILES string of the molecule is Cc1n[nH]c(C)c1[C@@]1(C)N=C(N)N(C)C(=O)[C@H]1c1ccc(C2CC2)cc1. The second kappa shape index (κ2) is 5.69. The molecule has 2 heterocycles. The minimum Gasteiger partial charge on any atom is -0.369 e. The summed E-state index contributed by atoms with van der Waals surface area (Å²) in [6.45, 7) is 5.88. The molecule has 0 radical (unpaired) electrons. The lowest BCUT2D eigenvalue weighted by Crippen LogP contribution is -2.52. The third kappa shape index (κ3) is 2.43. The van der Waals surface area contributed by atoms with Crippen molar-refractivity contribution in [2.45, 2.75) is 51.0 Å². The van der Waals surface area contributed by atoms with E-state index in [4.69, 9.17) is 10.7 Å². The standard InChI is InChI=1S/C20H25N5O/c1-11-16(12(2)24-23-11)20(3)17(18(26)25(4)19(21)22-20)15-9-7-14(8-10-15)13-5-6-13/h7-10,13,17H,5-6H2,1-4H3,(H2,21,22)(H,23,24)/t17-,20-/m1/s1. The Balaban J connectivity index is 1.87. The molecule has 0 saturated heterocycles. The molecule has 4 rings (SSSR count). The van der Waals surface area contributed by atoms with Crippen molar-refractivity contribution < 1.29 is 4.79 Å². The summed E-state index contributed by atoms with van der Waals surface area (Å²) in [6.07, 6.45) is 2.52. The van der Waals surface area contributed by atoms with Crippen molar-refractivity contribution in [2.24, 2.45) is 10.7 Å². The van der Waals surface area contributed by atoms with Gasteiger partial charge in [-0.05, 0) is 50.7 Å². The number of aryl methyl sites for hydroxylation is 2. The maximum absolute atomic E-state index is 13.2. The minimum absolute atomic E-state index is 0.0424. The van der Waals surface area contributed by atoms with Gasteiger partial charge in [0.1, 0.15) is 5.54 Å². The summed E-state index contributed by atoms with van der Waals surface area (Å²) in [5, 5.41) is 7.34. The fourth-order valence-electron chi connectivity index (χ4n) is 4.27. The summed E-state index contributed by atoms with van der Waals surface area (Å²) in [4.78, 5) is 19.5. The van der Waals surface area contributed by atoms with E-state index in [9.17, 15) is 4.79 Å². The van der Waals surface area contributed by atoms with E-state index in [1.165, 1.54) is 23.3 Å². The number of benzene rings is 1. The van der Waals surface area contributed by atoms with Crippen LogP contribution >= 0.6 is 0 Å². The quantitative estimate of drug-likeness (QED) is 0.891. The second-order valence-electron chi connectivity index (χ2n) is 7.70. The van der Waals surface area contributed by atoms with Crippen LogP contribution in [0.1, 0.15) is 59.7 Å². The molecule has 6 nitrogen and oxygen atoms in total. The lowest BCUT2D eigenvalue weighted by atomic mass is 9.73. The van der Waals surface area contributed by atoms with Crippen LogP contribution in [0.2, 0.25) is 0 Å². The Morgan fingerprint density at radius 1 is 1.19 bits per heavy atom. The Kier molecular flexibility index (Phi) is 3.68. The van der Waals surface area contributed by atoms with E-state index in [1.807, 2.05) is 20.8 Å². The number of hydrogen-bond donors (Lipinski definition) is 2. The Labute approximate surface area is 153 Å². The highest BCUT2D eigenvalue weighted by Crippen LogP contribution is 2.46. The number of guanidine groups is 1. The first kappa shape index (κ1) is 16.8. The van der Waals surface area contributed by atoms with Gasteiger partial charge in [-0.2, -0.15) is 5.10 Å². The number of aliphatic imine (C=N–C) groups is 1. The molecule has 0 unspecified atom stereocenters. The molecule has 3 N–H and O–H groups in total. The highest BCUT2D eigenvalue weighted by Gasteiger charge is 2.49. The van der Waals surface area contributed by atoms with E-state index in [0.29, 0.717) is 5.92 Å². The Hall–Kier alpha value is -2.63. The number of amides is 1. The van der Waals surface area contributed by atoms with Gasteiger partial charge in [-0.1, -0.05) is 24.3 Å². The first-order chi connectivity index (χ1) is 12.3. The number of aromatic nitrogens is 2. The molecule has 26 heavy (non-hydrogen) atoms. The van der Waals surface area contributed by atoms with Crippen LogP contribution in [0.15, 0.2) is 29.3 Å². The van der Waals surface area contributed by atoms with E-state index >= 15 is 0 Å². The lowest BCUT2D eigenvalue weighted by molar-refractivity contribution is -0.130. The van der Waals surface area contributed by atoms with Crippen LogP contribution in [0.5, 0.6) is 0 Å². The van der Waals surface area contributed by atoms with Gasteiger partial charge in [-0.15, -0.1) is 0 Å². The van der Waals surface area contributed by atoms with E-state index in [1.54, 1.807) is 7.05 Å². The van der Waals surface area contributed by atoms with Gasteiger partial charge in [0.15, 0.2) is 5.96 Å². The van der Waals surface area contributed by atoms with Crippen LogP contribution in [-0.4, -0.2) is 34.0 Å². The number of hydrogen-bond acceptors (Lipinski definition) is 4. The smallest absolute Gasteiger partial charge is 0.239 e. The van der Waals surface area contributed by atoms with Crippen LogP contribution in [-0.2, 0) is 10.3 Å². The molecular formula is C20H25N5O. The van der Waals surface area contributed by atoms with Crippen molar-refractivity contribution in [3.8, 4) is 0 Å². The molecule has 1 aliphatic heterocycles. The highest BCUT2D eigenvalue weighted by atomic mass is 16.2. The van der Waals surface area contributed by atoms with E-state index in [0.717, 1.165) is 22.5 Å². The molecule has 2 atom stereocenters. The number of carbonyl (C=O) groups is 1. The number of rotatable bonds is 3. The summed E-state index contributed by atoms with van der Waals surface area (Å²) >= 11 is 0. The summed E-state index contributed by atoms with van der Waals surface area (Å²) in [5.41, 5.74) is 10.3. The van der Waals surface area contributed by atoms with E-state index < -0.39 is 11.5 Å². The van der Waals surface area contributed by atoms with Crippen LogP contribution < -0.4 is 5.73 Å². The van der Waals surface area contributed by atoms with Crippen LogP contribution in [0.3, 0.4) is 0 Å². The zero-order valence-corrected chi connectivity index (χ0v) is 15.7. The number of nitrogens with one attached hydrogen (secondary N) is 1. The number of carbonyl (C=O) groups excluding carboxylic acids is 1. The fourth-order valence-corrected chi connectivity index (χ4v) is 4.27. The van der Waals surface area contributed by atoms with Gasteiger partial charge >= 0.3 is 0 Å². The molecule has 1 aromatic carbocycles. The van der Waals surface area contributed by atoms with Gasteiger partial charge in [-0.3, -0.25) is 14.8 Å². The molecule has 136 valence electrons. The molecule has 2 aliphatic rings. The number of H-pyrrole nitrogens is 1. The number of nitrogens with zero attached hydrogens (tertiary/aromatic N) is 3. The van der Waals surface area contributed by atoms with Gasteiger partial charge in [0.25, 0.3) is 0 Å². The minimum atomic E-state index is -0.796. The Morgan fingerprint density at radius 2 is 1.81 bits per heavy atom. The van der Waals surface area contributed by atoms with Gasteiger partial charge in [-0.25, -0.2) is 4.99 Å². The zero-order chi connectivity index (χ0) is 18.6. The summed E-state index contributed by atoms with van der Waals surface area (Å²) in [5.74, 6) is 0.442. The largest absolute Gasteiger partial charge is 0.369 e. The number of aromatic amines is 1. The summed E-state index contributed by atoms with van der Waals surface area (Å²) < 4.78 is 0. The maximum Gasteiger partial charge on any atom is 0.239 e. The molecule has 1 aromatic heterocycles. The van der Waals surface area contributed by atoms with Gasteiger partial charge < -0.3 is 5.73 Å². The average Bonchev–Trinajstić information content (AvgIpc) is 3.38. The molecule has 1 saturated carbocycles. The first-order valence-corrected chi connectivity index (χ1v) is 9.07. The molecule has 1 aliphatic carbocycles. The molecule has 2 aromatic rings. The molecule has 0 spiro atoms. The molecule has 1 amide bonds. The van der Waals surface area contributed by atoms with E-state index in [2.05, 4.69) is 34.5 Å². The van der Waals surface area contributed by atoms with Crippen molar-refractivity contribution in [1.29, 1.82) is 0 Å². The normalized spacial score (nSPS) is 26.2. The van der Waals surface area contributed by atoms with Crippen LogP contribution in [0, 0.1) is 13.8 Å². The second-order valence-corrected chi connectivity index (χ2v) is 7.70. The topological polar surface area (TPSA) is 87.4 Å². The van der Waals surface area contributed by atoms with Crippen molar-refractivity contribution in [2.75, 3.05) is 7.05 Å². The zero-order valence-electron chi connectivity index (χ0n) is 15.7. The Morgan fingerprint density at radius 3 is 2.35 bits per heavy atom. The van der Waals surface area contributed by atoms with Gasteiger partial charge in [0.2, 0.25) is 5.91 Å². The van der Waals surface area contributed by atoms with Gasteiger partial charge in [0, 0.05) is 18.3 Å². The van der Waals surface area contributed by atoms with Crippen molar-refractivity contribution in [1.82, 2.24) is 15.1 Å². The molecule has 6 heteroatoms. The average molecular weight is 351 g/mol. The van der Waals surface area contributed by atoms with Gasteiger partial charge in [0.05, 0.1) is 11.6 Å². The maximum atomic E-state index is 13.2. The lowest BCUT2D eigenvalue weighted by Gasteiger charge is -2.41. The molecular weight excluding hydrogens is 326 g/mol.